The Balaban J connectivity index is 2.42. The summed E-state index contributed by atoms with van der Waals surface area (Å²) in [5, 5.41) is 6.24. The van der Waals surface area contributed by atoms with E-state index in [0.29, 0.717) is 19.0 Å². The predicted octanol–water partition coefficient (Wildman–Crippen LogP) is 2.14. The molecule has 2 atom stereocenters. The Hall–Kier alpha value is -1.30. The first-order chi connectivity index (χ1) is 10.7. The number of hydrogen-bond donors (Lipinski definition) is 2. The van der Waals surface area contributed by atoms with Gasteiger partial charge in [0.2, 0.25) is 5.91 Å². The Labute approximate surface area is 140 Å². The standard InChI is InChI=1S/C17H33N3O3/c1-6-20(5)15(21)12-18-14-10-8-7-9-13(14)11-19-16(22)23-17(2,3)4/h13-14,18H,6-12H2,1-5H3,(H,19,22). The van der Waals surface area contributed by atoms with Crippen LogP contribution in [0.5, 0.6) is 0 Å². The SMILES string of the molecule is CCN(C)C(=O)CNC1CCCCC1CNC(=O)OC(C)(C)C. The van der Waals surface area contributed by atoms with Crippen LogP contribution in [0.2, 0.25) is 0 Å². The molecule has 2 N–H and O–H groups in total. The van der Waals surface area contributed by atoms with Crippen molar-refractivity contribution in [2.75, 3.05) is 26.7 Å². The Bertz CT molecular complexity index is 393. The normalized spacial score (nSPS) is 21.6. The lowest BCUT2D eigenvalue weighted by atomic mass is 9.84. The summed E-state index contributed by atoms with van der Waals surface area (Å²) in [6.45, 7) is 9.19. The molecule has 1 aliphatic carbocycles. The Morgan fingerprint density at radius 1 is 1.22 bits per heavy atom. The third-order valence-corrected chi connectivity index (χ3v) is 4.23. The van der Waals surface area contributed by atoms with Crippen molar-refractivity contribution in [1.82, 2.24) is 15.5 Å². The average Bonchev–Trinajstić information content (AvgIpc) is 2.48. The molecule has 6 heteroatoms. The number of hydrogen-bond acceptors (Lipinski definition) is 4. The van der Waals surface area contributed by atoms with E-state index in [0.717, 1.165) is 19.4 Å². The molecule has 134 valence electrons. The minimum atomic E-state index is -0.481. The van der Waals surface area contributed by atoms with Crippen LogP contribution in [-0.4, -0.2) is 55.2 Å². The molecule has 6 nitrogen and oxygen atoms in total. The Kier molecular flexibility index (Phi) is 7.82. The molecular formula is C17H33N3O3. The number of ether oxygens (including phenoxy) is 1. The van der Waals surface area contributed by atoms with E-state index in [1.807, 2.05) is 34.7 Å². The van der Waals surface area contributed by atoms with Crippen molar-refractivity contribution in [2.45, 2.75) is 65.0 Å². The lowest BCUT2D eigenvalue weighted by Gasteiger charge is -2.33. The zero-order chi connectivity index (χ0) is 17.5. The molecule has 1 saturated carbocycles. The quantitative estimate of drug-likeness (QED) is 0.784. The summed E-state index contributed by atoms with van der Waals surface area (Å²) < 4.78 is 5.28. The number of alkyl carbamates (subject to hydrolysis) is 1. The van der Waals surface area contributed by atoms with Gasteiger partial charge in [-0.3, -0.25) is 4.79 Å². The summed E-state index contributed by atoms with van der Waals surface area (Å²) in [4.78, 5) is 25.4. The number of carbonyl (C=O) groups is 2. The first kappa shape index (κ1) is 19.7. The van der Waals surface area contributed by atoms with Gasteiger partial charge in [0.25, 0.3) is 0 Å². The van der Waals surface area contributed by atoms with Gasteiger partial charge in [-0.2, -0.15) is 0 Å². The Morgan fingerprint density at radius 2 is 1.87 bits per heavy atom. The number of likely N-dealkylation sites (N-methyl/N-ethyl adjacent to an activating group) is 1. The Morgan fingerprint density at radius 3 is 2.48 bits per heavy atom. The van der Waals surface area contributed by atoms with Gasteiger partial charge in [0.05, 0.1) is 6.54 Å². The molecule has 0 aromatic rings. The monoisotopic (exact) mass is 327 g/mol. The molecule has 0 saturated heterocycles. The average molecular weight is 327 g/mol. The van der Waals surface area contributed by atoms with E-state index < -0.39 is 5.60 Å². The van der Waals surface area contributed by atoms with E-state index in [4.69, 9.17) is 4.74 Å². The van der Waals surface area contributed by atoms with Crippen LogP contribution < -0.4 is 10.6 Å². The van der Waals surface area contributed by atoms with E-state index in [9.17, 15) is 9.59 Å². The number of carbonyl (C=O) groups excluding carboxylic acids is 2. The molecule has 0 heterocycles. The lowest BCUT2D eigenvalue weighted by Crippen LogP contribution is -2.48. The third-order valence-electron chi connectivity index (χ3n) is 4.23. The molecule has 1 rings (SSSR count). The number of amides is 2. The van der Waals surface area contributed by atoms with Gasteiger partial charge in [-0.1, -0.05) is 12.8 Å². The van der Waals surface area contributed by atoms with E-state index in [-0.39, 0.29) is 18.0 Å². The van der Waals surface area contributed by atoms with Gasteiger partial charge in [0, 0.05) is 26.2 Å². The minimum Gasteiger partial charge on any atom is -0.444 e. The second-order valence-electron chi connectivity index (χ2n) is 7.32. The molecule has 1 aliphatic rings. The van der Waals surface area contributed by atoms with Crippen LogP contribution in [0.15, 0.2) is 0 Å². The third kappa shape index (κ3) is 7.68. The minimum absolute atomic E-state index is 0.108. The molecule has 0 aromatic carbocycles. The van der Waals surface area contributed by atoms with E-state index in [1.54, 1.807) is 4.90 Å². The maximum atomic E-state index is 11.9. The summed E-state index contributed by atoms with van der Waals surface area (Å²) in [5.41, 5.74) is -0.481. The highest BCUT2D eigenvalue weighted by molar-refractivity contribution is 5.77. The largest absolute Gasteiger partial charge is 0.444 e. The van der Waals surface area contributed by atoms with Gasteiger partial charge in [-0.05, 0) is 46.5 Å². The predicted molar refractivity (Wildman–Crippen MR) is 91.3 cm³/mol. The lowest BCUT2D eigenvalue weighted by molar-refractivity contribution is -0.129. The van der Waals surface area contributed by atoms with Crippen LogP contribution in [0.3, 0.4) is 0 Å². The maximum Gasteiger partial charge on any atom is 0.407 e. The summed E-state index contributed by atoms with van der Waals surface area (Å²) in [5.74, 6) is 0.452. The highest BCUT2D eigenvalue weighted by atomic mass is 16.6. The van der Waals surface area contributed by atoms with Gasteiger partial charge in [-0.25, -0.2) is 4.79 Å². The van der Waals surface area contributed by atoms with Crippen molar-refractivity contribution in [2.24, 2.45) is 5.92 Å². The van der Waals surface area contributed by atoms with Crippen LogP contribution in [0.4, 0.5) is 4.79 Å². The maximum absolute atomic E-state index is 11.9. The fourth-order valence-corrected chi connectivity index (χ4v) is 2.78. The van der Waals surface area contributed by atoms with Crippen LogP contribution >= 0.6 is 0 Å². The van der Waals surface area contributed by atoms with Crippen molar-refractivity contribution in [3.63, 3.8) is 0 Å². The van der Waals surface area contributed by atoms with Crippen molar-refractivity contribution in [3.8, 4) is 0 Å². The number of nitrogens with one attached hydrogen (secondary N) is 2. The molecular weight excluding hydrogens is 294 g/mol. The summed E-state index contributed by atoms with van der Waals surface area (Å²) in [6, 6.07) is 0.271. The molecule has 2 unspecified atom stereocenters. The van der Waals surface area contributed by atoms with Gasteiger partial charge < -0.3 is 20.3 Å². The van der Waals surface area contributed by atoms with E-state index in [2.05, 4.69) is 10.6 Å². The first-order valence-electron chi connectivity index (χ1n) is 8.67. The molecule has 0 radical (unpaired) electrons. The van der Waals surface area contributed by atoms with Crippen molar-refractivity contribution < 1.29 is 14.3 Å². The van der Waals surface area contributed by atoms with Crippen molar-refractivity contribution in [3.05, 3.63) is 0 Å². The fraction of sp³-hybridized carbons (Fsp3) is 0.882. The molecule has 23 heavy (non-hydrogen) atoms. The zero-order valence-electron chi connectivity index (χ0n) is 15.3. The topological polar surface area (TPSA) is 70.7 Å². The summed E-state index contributed by atoms with van der Waals surface area (Å²) in [7, 11) is 1.81. The first-order valence-corrected chi connectivity index (χ1v) is 8.67. The van der Waals surface area contributed by atoms with E-state index in [1.165, 1.54) is 12.8 Å². The van der Waals surface area contributed by atoms with Crippen LogP contribution in [0.25, 0.3) is 0 Å². The van der Waals surface area contributed by atoms with E-state index >= 15 is 0 Å². The van der Waals surface area contributed by atoms with Gasteiger partial charge in [0.1, 0.15) is 5.60 Å². The highest BCUT2D eigenvalue weighted by Crippen LogP contribution is 2.24. The van der Waals surface area contributed by atoms with Crippen molar-refractivity contribution >= 4 is 12.0 Å². The molecule has 2 amide bonds. The van der Waals surface area contributed by atoms with Gasteiger partial charge >= 0.3 is 6.09 Å². The molecule has 0 bridgehead atoms. The van der Waals surface area contributed by atoms with Gasteiger partial charge in [-0.15, -0.1) is 0 Å². The summed E-state index contributed by atoms with van der Waals surface area (Å²) >= 11 is 0. The molecule has 1 fully saturated rings. The fourth-order valence-electron chi connectivity index (χ4n) is 2.78. The number of nitrogens with zero attached hydrogens (tertiary/aromatic N) is 1. The molecule has 0 aromatic heterocycles. The summed E-state index contributed by atoms with van der Waals surface area (Å²) in [6.07, 6.45) is 4.07. The van der Waals surface area contributed by atoms with Gasteiger partial charge in [0.15, 0.2) is 0 Å². The molecule has 0 spiro atoms. The van der Waals surface area contributed by atoms with Crippen LogP contribution in [-0.2, 0) is 9.53 Å². The van der Waals surface area contributed by atoms with Crippen LogP contribution in [0, 0.1) is 5.92 Å². The zero-order valence-corrected chi connectivity index (χ0v) is 15.3. The second kappa shape index (κ2) is 9.11. The van der Waals surface area contributed by atoms with Crippen LogP contribution in [0.1, 0.15) is 53.4 Å². The second-order valence-corrected chi connectivity index (χ2v) is 7.32. The molecule has 0 aliphatic heterocycles. The van der Waals surface area contributed by atoms with Crippen molar-refractivity contribution in [1.29, 1.82) is 0 Å². The smallest absolute Gasteiger partial charge is 0.407 e. The highest BCUT2D eigenvalue weighted by Gasteiger charge is 2.26. The number of rotatable bonds is 6.